The molecule has 1 N–H and O–H groups in total. The molecule has 1 aromatic rings. The van der Waals surface area contributed by atoms with E-state index in [4.69, 9.17) is 11.5 Å². The summed E-state index contributed by atoms with van der Waals surface area (Å²) in [6.45, 7) is 0. The van der Waals surface area contributed by atoms with E-state index in [2.05, 4.69) is 10.7 Å². The van der Waals surface area contributed by atoms with E-state index < -0.39 is 12.3 Å². The molecule has 0 aliphatic rings. The summed E-state index contributed by atoms with van der Waals surface area (Å²) >= 11 is 0. The number of hydrogen-bond acceptors (Lipinski definition) is 2. The maximum absolute atomic E-state index is 10.2. The summed E-state index contributed by atoms with van der Waals surface area (Å²) in [5.41, 5.74) is 0.955. The molecule has 1 aromatic carbocycles. The summed E-state index contributed by atoms with van der Waals surface area (Å²) in [6, 6.07) is 9.35. The lowest BCUT2D eigenvalue weighted by Crippen LogP contribution is -2.17. The Balaban J connectivity index is 2.58. The molecular formula is C11H10O3. The van der Waals surface area contributed by atoms with Crippen LogP contribution < -0.4 is 0 Å². The third-order valence-electron chi connectivity index (χ3n) is 1.69. The highest BCUT2D eigenvalue weighted by atomic mass is 16.7. The Morgan fingerprint density at radius 3 is 2.64 bits per heavy atom. The Morgan fingerprint density at radius 1 is 1.50 bits per heavy atom. The van der Waals surface area contributed by atoms with Crippen LogP contribution in [0.5, 0.6) is 0 Å². The van der Waals surface area contributed by atoms with Crippen LogP contribution in [0.4, 0.5) is 4.79 Å². The van der Waals surface area contributed by atoms with Gasteiger partial charge in [0.25, 0.3) is 0 Å². The molecule has 1 rings (SSSR count). The zero-order valence-corrected chi connectivity index (χ0v) is 7.51. The van der Waals surface area contributed by atoms with Crippen molar-refractivity contribution < 1.29 is 14.6 Å². The van der Waals surface area contributed by atoms with Crippen LogP contribution in [0.25, 0.3) is 0 Å². The topological polar surface area (TPSA) is 46.5 Å². The molecule has 3 nitrogen and oxygen atoms in total. The fourth-order valence-electron chi connectivity index (χ4n) is 1.08. The summed E-state index contributed by atoms with van der Waals surface area (Å²) in [6.07, 6.45) is 3.48. The first kappa shape index (κ1) is 10.1. The smallest absolute Gasteiger partial charge is 0.450 e. The number of carboxylic acid groups (broad SMARTS) is 1. The van der Waals surface area contributed by atoms with Crippen LogP contribution >= 0.6 is 0 Å². The van der Waals surface area contributed by atoms with Crippen LogP contribution in [-0.2, 0) is 11.2 Å². The molecule has 0 radical (unpaired) electrons. The van der Waals surface area contributed by atoms with E-state index in [0.29, 0.717) is 6.42 Å². The lowest BCUT2D eigenvalue weighted by atomic mass is 10.1. The zero-order chi connectivity index (χ0) is 10.4. The van der Waals surface area contributed by atoms with Crippen molar-refractivity contribution in [3.05, 3.63) is 35.9 Å². The zero-order valence-electron chi connectivity index (χ0n) is 7.51. The second-order valence-electron chi connectivity index (χ2n) is 2.73. The fourth-order valence-corrected chi connectivity index (χ4v) is 1.08. The number of ether oxygens (including phenoxy) is 1. The molecule has 0 aliphatic heterocycles. The highest BCUT2D eigenvalue weighted by molar-refractivity contribution is 5.57. The Bertz CT molecular complexity index is 337. The van der Waals surface area contributed by atoms with Gasteiger partial charge in [-0.3, -0.25) is 0 Å². The van der Waals surface area contributed by atoms with Crippen LogP contribution in [-0.4, -0.2) is 17.4 Å². The van der Waals surface area contributed by atoms with Gasteiger partial charge < -0.3 is 9.84 Å². The summed E-state index contributed by atoms with van der Waals surface area (Å²) in [4.78, 5) is 10.2. The largest absolute Gasteiger partial charge is 0.507 e. The Hall–Kier alpha value is -1.95. The Morgan fingerprint density at radius 2 is 2.14 bits per heavy atom. The molecule has 0 saturated heterocycles. The molecule has 0 fully saturated rings. The predicted molar refractivity (Wildman–Crippen MR) is 51.9 cm³/mol. The van der Waals surface area contributed by atoms with Crippen LogP contribution in [0.1, 0.15) is 5.56 Å². The third-order valence-corrected chi connectivity index (χ3v) is 1.69. The van der Waals surface area contributed by atoms with Crippen molar-refractivity contribution in [3.8, 4) is 12.3 Å². The summed E-state index contributed by atoms with van der Waals surface area (Å²) in [7, 11) is 0. The molecule has 0 bridgehead atoms. The molecule has 14 heavy (non-hydrogen) atoms. The molecule has 0 aromatic heterocycles. The van der Waals surface area contributed by atoms with E-state index in [1.807, 2.05) is 30.3 Å². The van der Waals surface area contributed by atoms with Crippen molar-refractivity contribution >= 4 is 6.16 Å². The van der Waals surface area contributed by atoms with Gasteiger partial charge in [0.05, 0.1) is 0 Å². The lowest BCUT2D eigenvalue weighted by Gasteiger charge is -2.08. The van der Waals surface area contributed by atoms with Crippen molar-refractivity contribution in [1.82, 2.24) is 0 Å². The van der Waals surface area contributed by atoms with Gasteiger partial charge in [-0.1, -0.05) is 36.3 Å². The van der Waals surface area contributed by atoms with Crippen molar-refractivity contribution in [3.63, 3.8) is 0 Å². The summed E-state index contributed by atoms with van der Waals surface area (Å²) in [5, 5.41) is 8.38. The molecule has 1 unspecified atom stereocenters. The van der Waals surface area contributed by atoms with E-state index in [1.165, 1.54) is 0 Å². The van der Waals surface area contributed by atoms with Crippen molar-refractivity contribution in [2.24, 2.45) is 0 Å². The molecule has 0 spiro atoms. The van der Waals surface area contributed by atoms with Crippen LogP contribution in [0, 0.1) is 12.3 Å². The Kier molecular flexibility index (Phi) is 3.57. The maximum Gasteiger partial charge on any atom is 0.507 e. The van der Waals surface area contributed by atoms with Gasteiger partial charge in [-0.25, -0.2) is 4.79 Å². The van der Waals surface area contributed by atoms with E-state index in [1.54, 1.807) is 0 Å². The molecule has 0 heterocycles. The fraction of sp³-hybridized carbons (Fsp3) is 0.182. The molecule has 0 aliphatic carbocycles. The highest BCUT2D eigenvalue weighted by Crippen LogP contribution is 2.05. The summed E-state index contributed by atoms with van der Waals surface area (Å²) < 4.78 is 4.48. The minimum atomic E-state index is -1.34. The SMILES string of the molecule is C#CC(Cc1ccccc1)OC(=O)O. The van der Waals surface area contributed by atoms with Gasteiger partial charge in [0.2, 0.25) is 0 Å². The van der Waals surface area contributed by atoms with Gasteiger partial charge in [0.1, 0.15) is 0 Å². The first-order valence-corrected chi connectivity index (χ1v) is 4.12. The standard InChI is InChI=1S/C11H10O3/c1-2-10(14-11(12)13)8-9-6-4-3-5-7-9/h1,3-7,10H,8H2,(H,12,13). The number of rotatable bonds is 3. The monoisotopic (exact) mass is 190 g/mol. The molecule has 3 heteroatoms. The van der Waals surface area contributed by atoms with Crippen LogP contribution in [0.2, 0.25) is 0 Å². The van der Waals surface area contributed by atoms with Gasteiger partial charge in [0.15, 0.2) is 6.10 Å². The van der Waals surface area contributed by atoms with E-state index in [-0.39, 0.29) is 0 Å². The number of carbonyl (C=O) groups is 1. The van der Waals surface area contributed by atoms with Gasteiger partial charge in [0, 0.05) is 6.42 Å². The van der Waals surface area contributed by atoms with Crippen LogP contribution in [0.3, 0.4) is 0 Å². The molecular weight excluding hydrogens is 180 g/mol. The van der Waals surface area contributed by atoms with Crippen molar-refractivity contribution in [2.75, 3.05) is 0 Å². The van der Waals surface area contributed by atoms with Gasteiger partial charge in [-0.15, -0.1) is 6.42 Å². The molecule has 0 saturated carbocycles. The molecule has 0 amide bonds. The van der Waals surface area contributed by atoms with Crippen LogP contribution in [0.15, 0.2) is 30.3 Å². The third kappa shape index (κ3) is 3.20. The normalized spacial score (nSPS) is 11.4. The predicted octanol–water partition coefficient (Wildman–Crippen LogP) is 1.93. The second kappa shape index (κ2) is 4.93. The minimum Gasteiger partial charge on any atom is -0.450 e. The maximum atomic E-state index is 10.2. The average Bonchev–Trinajstić information content (AvgIpc) is 2.17. The average molecular weight is 190 g/mol. The van der Waals surface area contributed by atoms with Gasteiger partial charge in [-0.05, 0) is 5.56 Å². The number of benzene rings is 1. The molecule has 1 atom stereocenters. The highest BCUT2D eigenvalue weighted by Gasteiger charge is 2.10. The van der Waals surface area contributed by atoms with Gasteiger partial charge >= 0.3 is 6.16 Å². The first-order chi connectivity index (χ1) is 6.72. The Labute approximate surface area is 82.3 Å². The van der Waals surface area contributed by atoms with E-state index in [0.717, 1.165) is 5.56 Å². The quantitative estimate of drug-likeness (QED) is 0.585. The second-order valence-corrected chi connectivity index (χ2v) is 2.73. The number of terminal acetylenes is 1. The minimum absolute atomic E-state index is 0.406. The lowest BCUT2D eigenvalue weighted by molar-refractivity contribution is 0.0725. The first-order valence-electron chi connectivity index (χ1n) is 4.12. The van der Waals surface area contributed by atoms with E-state index in [9.17, 15) is 4.79 Å². The molecule has 72 valence electrons. The number of hydrogen-bond donors (Lipinski definition) is 1. The van der Waals surface area contributed by atoms with Crippen molar-refractivity contribution in [2.45, 2.75) is 12.5 Å². The van der Waals surface area contributed by atoms with E-state index >= 15 is 0 Å². The van der Waals surface area contributed by atoms with Gasteiger partial charge in [-0.2, -0.15) is 0 Å². The summed E-state index contributed by atoms with van der Waals surface area (Å²) in [5.74, 6) is 2.28. The van der Waals surface area contributed by atoms with Crippen molar-refractivity contribution in [1.29, 1.82) is 0 Å².